The maximum Gasteiger partial charge on any atom is 0.239 e. The molecule has 6 nitrogen and oxygen atoms in total. The van der Waals surface area contributed by atoms with Crippen molar-refractivity contribution in [1.82, 2.24) is 10.3 Å². The standard InChI is InChI=1S/C19H18ClN3O3S/c20-12-6-9-16-15(10-12)18(27(25,26)14-4-2-1-3-5-14)19(22-16)23-17(24)11-21-13-7-8-13/h1-6,9-10,13,21-22H,7-8,11H2,(H,23,24). The highest BCUT2D eigenvalue weighted by Crippen LogP contribution is 2.36. The highest BCUT2D eigenvalue weighted by Gasteiger charge is 2.28. The second kappa shape index (κ2) is 6.99. The summed E-state index contributed by atoms with van der Waals surface area (Å²) in [5.41, 5.74) is 0.583. The summed E-state index contributed by atoms with van der Waals surface area (Å²) in [6.07, 6.45) is 2.12. The third-order valence-corrected chi connectivity index (χ3v) is 6.52. The van der Waals surface area contributed by atoms with Gasteiger partial charge in [-0.2, -0.15) is 0 Å². The topological polar surface area (TPSA) is 91.1 Å². The van der Waals surface area contributed by atoms with E-state index in [2.05, 4.69) is 15.6 Å². The summed E-state index contributed by atoms with van der Waals surface area (Å²) < 4.78 is 26.5. The van der Waals surface area contributed by atoms with E-state index >= 15 is 0 Å². The molecule has 1 aromatic heterocycles. The number of sulfone groups is 1. The van der Waals surface area contributed by atoms with Gasteiger partial charge in [-0.25, -0.2) is 8.42 Å². The molecular weight excluding hydrogens is 386 g/mol. The minimum Gasteiger partial charge on any atom is -0.340 e. The zero-order chi connectivity index (χ0) is 19.0. The fraction of sp³-hybridized carbons (Fsp3) is 0.211. The summed E-state index contributed by atoms with van der Waals surface area (Å²) in [6.45, 7) is 0.131. The molecule has 0 spiro atoms. The van der Waals surface area contributed by atoms with Gasteiger partial charge >= 0.3 is 0 Å². The second-order valence-electron chi connectivity index (χ2n) is 6.54. The van der Waals surface area contributed by atoms with E-state index in [4.69, 9.17) is 11.6 Å². The van der Waals surface area contributed by atoms with Gasteiger partial charge in [0, 0.05) is 22.0 Å². The predicted octanol–water partition coefficient (Wildman–Crippen LogP) is 3.34. The van der Waals surface area contributed by atoms with E-state index in [1.54, 1.807) is 36.4 Å². The minimum atomic E-state index is -3.86. The molecule has 0 atom stereocenters. The molecule has 140 valence electrons. The molecule has 1 aliphatic rings. The van der Waals surface area contributed by atoms with Crippen molar-refractivity contribution in [3.63, 3.8) is 0 Å². The van der Waals surface area contributed by atoms with E-state index in [-0.39, 0.29) is 28.1 Å². The van der Waals surface area contributed by atoms with Gasteiger partial charge in [-0.3, -0.25) is 4.79 Å². The quantitative estimate of drug-likeness (QED) is 0.588. The molecule has 3 N–H and O–H groups in total. The Morgan fingerprint density at radius 1 is 1.15 bits per heavy atom. The van der Waals surface area contributed by atoms with Gasteiger partial charge in [-0.1, -0.05) is 29.8 Å². The molecule has 0 unspecified atom stereocenters. The average molecular weight is 404 g/mol. The molecule has 4 rings (SSSR count). The first kappa shape index (κ1) is 18.0. The number of nitrogens with one attached hydrogen (secondary N) is 3. The number of hydrogen-bond acceptors (Lipinski definition) is 4. The van der Waals surface area contributed by atoms with Gasteiger partial charge in [0.25, 0.3) is 0 Å². The lowest BCUT2D eigenvalue weighted by atomic mass is 10.2. The Balaban J connectivity index is 1.78. The fourth-order valence-electron chi connectivity index (χ4n) is 2.93. The molecule has 1 heterocycles. The maximum absolute atomic E-state index is 13.3. The van der Waals surface area contributed by atoms with Crippen LogP contribution < -0.4 is 10.6 Å². The van der Waals surface area contributed by atoms with Crippen LogP contribution in [0.25, 0.3) is 10.9 Å². The summed E-state index contributed by atoms with van der Waals surface area (Å²) >= 11 is 6.09. The lowest BCUT2D eigenvalue weighted by molar-refractivity contribution is -0.115. The zero-order valence-electron chi connectivity index (χ0n) is 14.3. The molecule has 1 amide bonds. The molecule has 27 heavy (non-hydrogen) atoms. The number of halogens is 1. The number of benzene rings is 2. The number of fused-ring (bicyclic) bond motifs is 1. The van der Waals surface area contributed by atoms with Crippen LogP contribution in [-0.2, 0) is 14.6 Å². The number of hydrogen-bond donors (Lipinski definition) is 3. The second-order valence-corrected chi connectivity index (χ2v) is 8.86. The first-order valence-corrected chi connectivity index (χ1v) is 10.5. The molecule has 1 saturated carbocycles. The molecular formula is C19H18ClN3O3S. The third kappa shape index (κ3) is 3.71. The molecule has 1 aliphatic carbocycles. The Labute approximate surface area is 161 Å². The van der Waals surface area contributed by atoms with Crippen molar-refractivity contribution >= 4 is 44.1 Å². The van der Waals surface area contributed by atoms with Crippen molar-refractivity contribution in [2.45, 2.75) is 28.7 Å². The number of anilines is 1. The zero-order valence-corrected chi connectivity index (χ0v) is 15.9. The maximum atomic E-state index is 13.3. The number of carbonyl (C=O) groups excluding carboxylic acids is 1. The van der Waals surface area contributed by atoms with Crippen LogP contribution in [0, 0.1) is 0 Å². The summed E-state index contributed by atoms with van der Waals surface area (Å²) in [7, 11) is -3.86. The van der Waals surface area contributed by atoms with Crippen molar-refractivity contribution in [2.24, 2.45) is 0 Å². The van der Waals surface area contributed by atoms with Gasteiger partial charge < -0.3 is 15.6 Å². The average Bonchev–Trinajstić information content (AvgIpc) is 3.41. The van der Waals surface area contributed by atoms with Crippen molar-refractivity contribution < 1.29 is 13.2 Å². The molecule has 0 bridgehead atoms. The molecule has 2 aromatic carbocycles. The van der Waals surface area contributed by atoms with Gasteiger partial charge in [0.15, 0.2) is 0 Å². The number of aromatic nitrogens is 1. The Bertz CT molecular complexity index is 1110. The van der Waals surface area contributed by atoms with E-state index < -0.39 is 9.84 Å². The predicted molar refractivity (Wildman–Crippen MR) is 105 cm³/mol. The van der Waals surface area contributed by atoms with Crippen molar-refractivity contribution in [3.8, 4) is 0 Å². The number of rotatable bonds is 6. The van der Waals surface area contributed by atoms with Gasteiger partial charge in [0.05, 0.1) is 11.4 Å². The molecule has 0 saturated heterocycles. The van der Waals surface area contributed by atoms with E-state index in [9.17, 15) is 13.2 Å². The summed E-state index contributed by atoms with van der Waals surface area (Å²) in [5, 5.41) is 6.67. The van der Waals surface area contributed by atoms with Crippen LogP contribution in [0.5, 0.6) is 0 Å². The number of carbonyl (C=O) groups is 1. The third-order valence-electron chi connectivity index (χ3n) is 4.43. The van der Waals surface area contributed by atoms with E-state index in [1.165, 1.54) is 12.1 Å². The Kier molecular flexibility index (Phi) is 4.67. The number of amides is 1. The van der Waals surface area contributed by atoms with Gasteiger partial charge in [0.1, 0.15) is 10.7 Å². The first-order chi connectivity index (χ1) is 12.9. The molecule has 0 radical (unpaired) electrons. The van der Waals surface area contributed by atoms with Crippen LogP contribution in [0.1, 0.15) is 12.8 Å². The summed E-state index contributed by atoms with van der Waals surface area (Å²) in [5.74, 6) is -0.150. The van der Waals surface area contributed by atoms with Crippen LogP contribution in [0.4, 0.5) is 5.82 Å². The van der Waals surface area contributed by atoms with E-state index in [0.717, 1.165) is 12.8 Å². The van der Waals surface area contributed by atoms with Crippen LogP contribution in [-0.4, -0.2) is 31.9 Å². The smallest absolute Gasteiger partial charge is 0.239 e. The monoisotopic (exact) mass is 403 g/mol. The van der Waals surface area contributed by atoms with Gasteiger partial charge in [0.2, 0.25) is 15.7 Å². The van der Waals surface area contributed by atoms with E-state index in [0.29, 0.717) is 22.0 Å². The minimum absolute atomic E-state index is 0.0194. The normalized spacial score (nSPS) is 14.4. The lowest BCUT2D eigenvalue weighted by Crippen LogP contribution is -2.30. The van der Waals surface area contributed by atoms with Crippen molar-refractivity contribution in [1.29, 1.82) is 0 Å². The molecule has 8 heteroatoms. The SMILES string of the molecule is O=C(CNC1CC1)Nc1[nH]c2ccc(Cl)cc2c1S(=O)(=O)c1ccccc1. The Morgan fingerprint density at radius 2 is 1.89 bits per heavy atom. The van der Waals surface area contributed by atoms with Gasteiger partial charge in [-0.05, 0) is 43.2 Å². The molecule has 3 aromatic rings. The Morgan fingerprint density at radius 3 is 2.59 bits per heavy atom. The number of aromatic amines is 1. The van der Waals surface area contributed by atoms with E-state index in [1.807, 2.05) is 0 Å². The summed E-state index contributed by atoms with van der Waals surface area (Å²) in [6, 6.07) is 13.4. The largest absolute Gasteiger partial charge is 0.340 e. The van der Waals surface area contributed by atoms with Crippen molar-refractivity contribution in [3.05, 3.63) is 53.6 Å². The fourth-order valence-corrected chi connectivity index (χ4v) is 4.68. The Hall–Kier alpha value is -2.35. The lowest BCUT2D eigenvalue weighted by Gasteiger charge is -2.09. The first-order valence-electron chi connectivity index (χ1n) is 8.60. The van der Waals surface area contributed by atoms with Crippen molar-refractivity contribution in [2.75, 3.05) is 11.9 Å². The highest BCUT2D eigenvalue weighted by molar-refractivity contribution is 7.92. The molecule has 1 fully saturated rings. The summed E-state index contributed by atoms with van der Waals surface area (Å²) in [4.78, 5) is 15.5. The van der Waals surface area contributed by atoms with Crippen LogP contribution in [0.2, 0.25) is 5.02 Å². The molecule has 0 aliphatic heterocycles. The number of H-pyrrole nitrogens is 1. The van der Waals surface area contributed by atoms with Crippen LogP contribution >= 0.6 is 11.6 Å². The van der Waals surface area contributed by atoms with Crippen LogP contribution in [0.3, 0.4) is 0 Å². The van der Waals surface area contributed by atoms with Gasteiger partial charge in [-0.15, -0.1) is 0 Å². The highest BCUT2D eigenvalue weighted by atomic mass is 35.5. The van der Waals surface area contributed by atoms with Crippen LogP contribution in [0.15, 0.2) is 58.3 Å².